The van der Waals surface area contributed by atoms with Gasteiger partial charge in [0, 0.05) is 80.9 Å². The maximum absolute atomic E-state index is 9.76. The Hall–Kier alpha value is 1.87. The SMILES string of the molecule is C=CC.C=CC.CCCCC.CCCCC(=O)O.II.II. The fourth-order valence-electron chi connectivity index (χ4n) is 0.682. The van der Waals surface area contributed by atoms with Crippen molar-refractivity contribution >= 4 is 80.4 Å². The first-order valence-electron chi connectivity index (χ1n) is 7.16. The van der Waals surface area contributed by atoms with Gasteiger partial charge in [-0.05, 0) is 20.3 Å². The predicted octanol–water partition coefficient (Wildman–Crippen LogP) is 9.39. The second-order valence-electron chi connectivity index (χ2n) is 3.67. The van der Waals surface area contributed by atoms with E-state index in [1.165, 1.54) is 19.3 Å². The van der Waals surface area contributed by atoms with Gasteiger partial charge in [0.1, 0.15) is 0 Å². The fraction of sp³-hybridized carbons (Fsp3) is 0.688. The maximum Gasteiger partial charge on any atom is 0.303 e. The number of rotatable bonds is 5. The molecule has 0 aromatic rings. The van der Waals surface area contributed by atoms with E-state index in [0.29, 0.717) is 6.42 Å². The van der Waals surface area contributed by atoms with E-state index in [4.69, 9.17) is 5.11 Å². The van der Waals surface area contributed by atoms with Crippen LogP contribution in [0.25, 0.3) is 0 Å². The number of carboxylic acids is 1. The third kappa shape index (κ3) is 154. The largest absolute Gasteiger partial charge is 0.481 e. The molecular formula is C16H34I4O2. The number of aliphatic carboxylic acids is 1. The summed E-state index contributed by atoms with van der Waals surface area (Å²) in [6.07, 6.45) is 9.66. The number of halogens is 4. The van der Waals surface area contributed by atoms with Crippen molar-refractivity contribution in [2.45, 2.75) is 73.1 Å². The van der Waals surface area contributed by atoms with Gasteiger partial charge in [0.2, 0.25) is 0 Å². The van der Waals surface area contributed by atoms with E-state index < -0.39 is 5.97 Å². The van der Waals surface area contributed by atoms with Gasteiger partial charge in [0.05, 0.1) is 0 Å². The van der Waals surface area contributed by atoms with E-state index in [1.807, 2.05) is 20.8 Å². The van der Waals surface area contributed by atoms with Crippen LogP contribution in [0.1, 0.15) is 73.1 Å². The summed E-state index contributed by atoms with van der Waals surface area (Å²) in [7, 11) is 0. The number of hydrogen-bond donors (Lipinski definition) is 1. The lowest BCUT2D eigenvalue weighted by atomic mass is 10.3. The standard InChI is InChI=1S/C5H10O2.C5H12.2C3H6.2I2/c1-2-3-4-5(6)7;1-3-5-4-2;2*1-3-2;2*1-2/h2-4H2,1H3,(H,6,7);3-5H2,1-2H3;2*3H,1H2,2H3;;. The molecule has 0 aliphatic rings. The quantitative estimate of drug-likeness (QED) is 0.224. The van der Waals surface area contributed by atoms with Crippen LogP contribution in [0.15, 0.2) is 25.3 Å². The summed E-state index contributed by atoms with van der Waals surface area (Å²) in [5.41, 5.74) is 0. The number of allylic oxidation sites excluding steroid dienone is 2. The van der Waals surface area contributed by atoms with Gasteiger partial charge in [0.25, 0.3) is 0 Å². The van der Waals surface area contributed by atoms with Crippen LogP contribution in [-0.2, 0) is 4.79 Å². The minimum atomic E-state index is -0.693. The van der Waals surface area contributed by atoms with Crippen molar-refractivity contribution in [3.05, 3.63) is 25.3 Å². The van der Waals surface area contributed by atoms with Gasteiger partial charge in [-0.25, -0.2) is 0 Å². The summed E-state index contributed by atoms with van der Waals surface area (Å²) in [6, 6.07) is 0. The molecule has 0 aliphatic carbocycles. The minimum absolute atomic E-state index is 0.316. The molecule has 0 unspecified atom stereocenters. The van der Waals surface area contributed by atoms with Gasteiger partial charge in [-0.15, -0.1) is 13.2 Å². The second kappa shape index (κ2) is 66.0. The van der Waals surface area contributed by atoms with Crippen LogP contribution < -0.4 is 0 Å². The molecule has 0 aliphatic heterocycles. The zero-order valence-corrected chi connectivity index (χ0v) is 23.3. The van der Waals surface area contributed by atoms with Crippen molar-refractivity contribution in [3.63, 3.8) is 0 Å². The molecule has 6 heteroatoms. The van der Waals surface area contributed by atoms with Crippen molar-refractivity contribution < 1.29 is 9.90 Å². The van der Waals surface area contributed by atoms with E-state index in [9.17, 15) is 4.79 Å². The molecule has 0 saturated heterocycles. The van der Waals surface area contributed by atoms with E-state index in [1.54, 1.807) is 12.2 Å². The molecule has 0 heterocycles. The lowest BCUT2D eigenvalue weighted by molar-refractivity contribution is -0.137. The van der Waals surface area contributed by atoms with Crippen LogP contribution in [0.4, 0.5) is 0 Å². The Kier molecular flexibility index (Phi) is 117. The Morgan fingerprint density at radius 1 is 0.864 bits per heavy atom. The first kappa shape index (κ1) is 39.1. The highest BCUT2D eigenvalue weighted by Gasteiger charge is 1.90. The van der Waals surface area contributed by atoms with E-state index >= 15 is 0 Å². The van der Waals surface area contributed by atoms with Crippen molar-refractivity contribution in [3.8, 4) is 0 Å². The Morgan fingerprint density at radius 2 is 1.09 bits per heavy atom. The van der Waals surface area contributed by atoms with E-state index in [-0.39, 0.29) is 0 Å². The van der Waals surface area contributed by atoms with Crippen LogP contribution in [-0.4, -0.2) is 11.1 Å². The summed E-state index contributed by atoms with van der Waals surface area (Å²) in [6.45, 7) is 16.9. The molecule has 0 atom stereocenters. The zero-order chi connectivity index (χ0) is 19.2. The lowest BCUT2D eigenvalue weighted by Crippen LogP contribution is -1.91. The van der Waals surface area contributed by atoms with Crippen molar-refractivity contribution in [1.29, 1.82) is 0 Å². The van der Waals surface area contributed by atoms with Crippen LogP contribution in [0.5, 0.6) is 0 Å². The number of unbranched alkanes of at least 4 members (excludes halogenated alkanes) is 3. The van der Waals surface area contributed by atoms with Crippen LogP contribution in [0, 0.1) is 0 Å². The smallest absolute Gasteiger partial charge is 0.303 e. The highest BCUT2D eigenvalue weighted by atomic mass is 128. The number of hydrogen-bond acceptors (Lipinski definition) is 1. The van der Waals surface area contributed by atoms with E-state index in [2.05, 4.69) is 101 Å². The van der Waals surface area contributed by atoms with Crippen LogP contribution >= 0.6 is 74.5 Å². The van der Waals surface area contributed by atoms with Crippen LogP contribution in [0.3, 0.4) is 0 Å². The minimum Gasteiger partial charge on any atom is -0.481 e. The van der Waals surface area contributed by atoms with Gasteiger partial charge < -0.3 is 5.11 Å². The Labute approximate surface area is 186 Å². The average molecular weight is 766 g/mol. The topological polar surface area (TPSA) is 37.3 Å². The van der Waals surface area contributed by atoms with Gasteiger partial charge in [0.15, 0.2) is 0 Å². The normalized spacial score (nSPS) is 6.41. The molecular weight excluding hydrogens is 732 g/mol. The van der Waals surface area contributed by atoms with Gasteiger partial charge in [-0.1, -0.05) is 58.6 Å². The van der Waals surface area contributed by atoms with E-state index in [0.717, 1.165) is 12.8 Å². The molecule has 0 aromatic heterocycles. The molecule has 138 valence electrons. The molecule has 0 aromatic carbocycles. The monoisotopic (exact) mass is 766 g/mol. The number of carboxylic acid groups (broad SMARTS) is 1. The first-order valence-corrected chi connectivity index (χ1v) is 19.7. The summed E-state index contributed by atoms with van der Waals surface area (Å²) in [5, 5.41) is 8.04. The highest BCUT2D eigenvalue weighted by molar-refractivity contribution is 15.0. The molecule has 0 saturated carbocycles. The molecule has 0 fully saturated rings. The van der Waals surface area contributed by atoms with Crippen molar-refractivity contribution in [2.75, 3.05) is 0 Å². The summed E-state index contributed by atoms with van der Waals surface area (Å²) in [4.78, 5) is 9.76. The van der Waals surface area contributed by atoms with Crippen molar-refractivity contribution in [1.82, 2.24) is 0 Å². The third-order valence-corrected chi connectivity index (χ3v) is 1.45. The van der Waals surface area contributed by atoms with Crippen LogP contribution in [0.2, 0.25) is 0 Å². The fourth-order valence-corrected chi connectivity index (χ4v) is 0.682. The van der Waals surface area contributed by atoms with Crippen molar-refractivity contribution in [2.24, 2.45) is 0 Å². The maximum atomic E-state index is 9.76. The Bertz CT molecular complexity index is 158. The molecule has 0 radical (unpaired) electrons. The number of carbonyl (C=O) groups is 1. The highest BCUT2D eigenvalue weighted by Crippen LogP contribution is 1.91. The molecule has 2 nitrogen and oxygen atoms in total. The first-order chi connectivity index (χ1) is 10.5. The molecule has 0 rings (SSSR count). The third-order valence-electron chi connectivity index (χ3n) is 1.45. The lowest BCUT2D eigenvalue weighted by Gasteiger charge is -1.85. The second-order valence-corrected chi connectivity index (χ2v) is 3.67. The van der Waals surface area contributed by atoms with Gasteiger partial charge in [-0.3, -0.25) is 4.79 Å². The molecule has 0 amide bonds. The predicted molar refractivity (Wildman–Crippen MR) is 140 cm³/mol. The molecule has 1 N–H and O–H groups in total. The summed E-state index contributed by atoms with van der Waals surface area (Å²) < 4.78 is 0. The summed E-state index contributed by atoms with van der Waals surface area (Å²) >= 11 is 8.48. The Morgan fingerprint density at radius 3 is 1.14 bits per heavy atom. The molecule has 22 heavy (non-hydrogen) atoms. The zero-order valence-electron chi connectivity index (χ0n) is 14.7. The molecule has 0 bridgehead atoms. The summed E-state index contributed by atoms with van der Waals surface area (Å²) in [5.74, 6) is -0.693. The molecule has 0 spiro atoms. The van der Waals surface area contributed by atoms with Gasteiger partial charge >= 0.3 is 5.97 Å². The average Bonchev–Trinajstić information content (AvgIpc) is 2.52. The Balaban J connectivity index is -0.0000000378. The van der Waals surface area contributed by atoms with Gasteiger partial charge in [-0.2, -0.15) is 0 Å².